The van der Waals surface area contributed by atoms with Crippen LogP contribution in [0.25, 0.3) is 0 Å². The van der Waals surface area contributed by atoms with Crippen LogP contribution in [0.2, 0.25) is 0 Å². The van der Waals surface area contributed by atoms with Crippen molar-refractivity contribution >= 4 is 11.6 Å². The second-order valence-electron chi connectivity index (χ2n) is 9.15. The molecule has 3 heteroatoms. The Bertz CT molecular complexity index is 597. The minimum atomic E-state index is -0.225. The highest BCUT2D eigenvalue weighted by Gasteiger charge is 2.86. The quantitative estimate of drug-likeness (QED) is 0.644. The van der Waals surface area contributed by atoms with Gasteiger partial charge in [0.15, 0.2) is 0 Å². The number of Topliss-reactive ketones (excluding diaryl/α,β-unsaturated/α-hetero) is 2. The first kappa shape index (κ1) is 13.7. The van der Waals surface area contributed by atoms with E-state index in [9.17, 15) is 9.59 Å². The molecule has 1 heterocycles. The number of carbonyl (C=O) groups is 2. The lowest BCUT2D eigenvalue weighted by Crippen LogP contribution is -2.58. The van der Waals surface area contributed by atoms with Crippen LogP contribution in [0.5, 0.6) is 0 Å². The van der Waals surface area contributed by atoms with Crippen LogP contribution < -0.4 is 0 Å². The summed E-state index contributed by atoms with van der Waals surface area (Å²) in [4.78, 5) is 24.4. The molecule has 4 saturated carbocycles. The van der Waals surface area contributed by atoms with Gasteiger partial charge in [-0.25, -0.2) is 0 Å². The number of carbonyl (C=O) groups excluding carboxylic acids is 2. The topological polar surface area (TPSA) is 46.7 Å². The van der Waals surface area contributed by atoms with Crippen LogP contribution in [0.1, 0.15) is 71.6 Å². The second-order valence-corrected chi connectivity index (χ2v) is 9.15. The maximum absolute atomic E-state index is 12.5. The minimum absolute atomic E-state index is 0.0300. The van der Waals surface area contributed by atoms with Crippen molar-refractivity contribution in [2.45, 2.75) is 82.8 Å². The van der Waals surface area contributed by atoms with Gasteiger partial charge in [-0.1, -0.05) is 6.92 Å². The fourth-order valence-corrected chi connectivity index (χ4v) is 7.35. The van der Waals surface area contributed by atoms with Crippen LogP contribution in [0.3, 0.4) is 0 Å². The van der Waals surface area contributed by atoms with Crippen LogP contribution in [0.4, 0.5) is 0 Å². The third-order valence-corrected chi connectivity index (χ3v) is 8.71. The Morgan fingerprint density at radius 3 is 2.64 bits per heavy atom. The Morgan fingerprint density at radius 1 is 1.00 bits per heavy atom. The molecule has 5 fully saturated rings. The van der Waals surface area contributed by atoms with Gasteiger partial charge in [-0.2, -0.15) is 0 Å². The number of fused-ring (bicyclic) bond motifs is 2. The third kappa shape index (κ3) is 1.20. The molecule has 0 bridgehead atoms. The van der Waals surface area contributed by atoms with Gasteiger partial charge in [0.1, 0.15) is 22.8 Å². The summed E-state index contributed by atoms with van der Waals surface area (Å²) in [6.45, 7) is 4.59. The van der Waals surface area contributed by atoms with E-state index in [2.05, 4.69) is 13.8 Å². The number of hydrogen-bond donors (Lipinski definition) is 0. The largest absolute Gasteiger partial charge is 0.361 e. The Balaban J connectivity index is 1.57. The fraction of sp³-hybridized carbons (Fsp3) is 0.895. The highest BCUT2D eigenvalue weighted by molar-refractivity contribution is 5.90. The molecule has 0 unspecified atom stereocenters. The van der Waals surface area contributed by atoms with E-state index in [1.807, 2.05) is 0 Å². The second kappa shape index (κ2) is 3.68. The Hall–Kier alpha value is -0.700. The Morgan fingerprint density at radius 2 is 1.82 bits per heavy atom. The average molecular weight is 302 g/mol. The van der Waals surface area contributed by atoms with Crippen molar-refractivity contribution in [2.24, 2.45) is 22.7 Å². The van der Waals surface area contributed by atoms with E-state index in [0.29, 0.717) is 29.8 Å². The highest BCUT2D eigenvalue weighted by atomic mass is 16.6. The molecule has 4 aliphatic carbocycles. The molecular weight excluding hydrogens is 276 g/mol. The molecule has 1 aliphatic heterocycles. The van der Waals surface area contributed by atoms with E-state index in [-0.39, 0.29) is 22.0 Å². The van der Waals surface area contributed by atoms with E-state index in [0.717, 1.165) is 51.4 Å². The molecule has 0 aromatic rings. The first-order chi connectivity index (χ1) is 10.4. The molecule has 2 spiro atoms. The summed E-state index contributed by atoms with van der Waals surface area (Å²) < 4.78 is 6.59. The molecule has 5 aliphatic rings. The lowest BCUT2D eigenvalue weighted by atomic mass is 9.45. The molecule has 5 rings (SSSR count). The summed E-state index contributed by atoms with van der Waals surface area (Å²) in [6, 6.07) is 0. The molecular formula is C19H26O3. The van der Waals surface area contributed by atoms with Crippen LogP contribution in [-0.2, 0) is 14.3 Å². The zero-order valence-electron chi connectivity index (χ0n) is 13.7. The molecule has 0 amide bonds. The molecule has 22 heavy (non-hydrogen) atoms. The van der Waals surface area contributed by atoms with Gasteiger partial charge >= 0.3 is 0 Å². The number of ketones is 2. The van der Waals surface area contributed by atoms with Crippen molar-refractivity contribution in [3.63, 3.8) is 0 Å². The normalized spacial score (nSPS) is 59.4. The molecule has 0 aromatic carbocycles. The van der Waals surface area contributed by atoms with E-state index in [1.54, 1.807) is 0 Å². The Kier molecular flexibility index (Phi) is 2.30. The van der Waals surface area contributed by atoms with Gasteiger partial charge in [-0.3, -0.25) is 9.59 Å². The lowest BCUT2D eigenvalue weighted by molar-refractivity contribution is -0.134. The van der Waals surface area contributed by atoms with Crippen molar-refractivity contribution in [1.82, 2.24) is 0 Å². The number of hydrogen-bond acceptors (Lipinski definition) is 3. The zero-order chi connectivity index (χ0) is 15.4. The van der Waals surface area contributed by atoms with Crippen molar-refractivity contribution in [2.75, 3.05) is 0 Å². The van der Waals surface area contributed by atoms with Gasteiger partial charge < -0.3 is 4.74 Å². The third-order valence-electron chi connectivity index (χ3n) is 8.71. The zero-order valence-corrected chi connectivity index (χ0v) is 13.7. The van der Waals surface area contributed by atoms with E-state index < -0.39 is 0 Å². The monoisotopic (exact) mass is 302 g/mol. The van der Waals surface area contributed by atoms with Gasteiger partial charge in [-0.15, -0.1) is 0 Å². The molecule has 0 aromatic heterocycles. The summed E-state index contributed by atoms with van der Waals surface area (Å²) in [5.74, 6) is 2.01. The summed E-state index contributed by atoms with van der Waals surface area (Å²) in [6.07, 6.45) is 8.53. The summed E-state index contributed by atoms with van der Waals surface area (Å²) in [5.41, 5.74) is -0.146. The van der Waals surface area contributed by atoms with Crippen molar-refractivity contribution in [1.29, 1.82) is 0 Å². The number of epoxide rings is 1. The van der Waals surface area contributed by atoms with Crippen molar-refractivity contribution in [3.05, 3.63) is 0 Å². The highest BCUT2D eigenvalue weighted by Crippen LogP contribution is 2.79. The fourth-order valence-electron chi connectivity index (χ4n) is 7.35. The molecule has 0 radical (unpaired) electrons. The molecule has 1 saturated heterocycles. The van der Waals surface area contributed by atoms with Crippen LogP contribution in [0, 0.1) is 22.7 Å². The van der Waals surface area contributed by atoms with Gasteiger partial charge in [-0.05, 0) is 62.7 Å². The van der Waals surface area contributed by atoms with Crippen LogP contribution in [-0.4, -0.2) is 22.8 Å². The SMILES string of the molecule is C[C@]12CCC(=O)C[C@@H]1CC[C@]13O[C@]14CCC(=O)[C@@]4(C)CC[C@H]23. The Labute approximate surface area is 132 Å². The van der Waals surface area contributed by atoms with Gasteiger partial charge in [0.05, 0.1) is 5.41 Å². The molecule has 120 valence electrons. The van der Waals surface area contributed by atoms with E-state index >= 15 is 0 Å². The van der Waals surface area contributed by atoms with Gasteiger partial charge in [0, 0.05) is 19.3 Å². The van der Waals surface area contributed by atoms with Crippen molar-refractivity contribution in [3.8, 4) is 0 Å². The van der Waals surface area contributed by atoms with Crippen molar-refractivity contribution < 1.29 is 14.3 Å². The number of rotatable bonds is 0. The summed E-state index contributed by atoms with van der Waals surface area (Å²) in [5, 5.41) is 0. The smallest absolute Gasteiger partial charge is 0.141 e. The standard InChI is InChI=1S/C19H26O3/c1-16-7-4-13(20)11-12(16)3-9-18-14(16)5-8-17(2)15(21)6-10-19(17,18)22-18/h12,14H,3-11H2,1-2H3/t12-,14+,16-,17+,18+,19-/m0/s1. The summed E-state index contributed by atoms with van der Waals surface area (Å²) in [7, 11) is 0. The lowest BCUT2D eigenvalue weighted by Gasteiger charge is -2.56. The van der Waals surface area contributed by atoms with Gasteiger partial charge in [0.2, 0.25) is 0 Å². The van der Waals surface area contributed by atoms with E-state index in [1.165, 1.54) is 0 Å². The first-order valence-electron chi connectivity index (χ1n) is 9.13. The summed E-state index contributed by atoms with van der Waals surface area (Å²) >= 11 is 0. The first-order valence-corrected chi connectivity index (χ1v) is 9.13. The van der Waals surface area contributed by atoms with Crippen LogP contribution in [0.15, 0.2) is 0 Å². The maximum atomic E-state index is 12.5. The minimum Gasteiger partial charge on any atom is -0.361 e. The van der Waals surface area contributed by atoms with Crippen LogP contribution >= 0.6 is 0 Å². The van der Waals surface area contributed by atoms with E-state index in [4.69, 9.17) is 4.74 Å². The molecule has 3 nitrogen and oxygen atoms in total. The predicted molar refractivity (Wildman–Crippen MR) is 81.3 cm³/mol. The average Bonchev–Trinajstić information content (AvgIpc) is 3.09. The maximum Gasteiger partial charge on any atom is 0.141 e. The van der Waals surface area contributed by atoms with Gasteiger partial charge in [0.25, 0.3) is 0 Å². The molecule has 0 N–H and O–H groups in total. The predicted octanol–water partition coefficient (Wildman–Crippen LogP) is 3.44. The molecule has 6 atom stereocenters. The number of ether oxygens (including phenoxy) is 1.